The van der Waals surface area contributed by atoms with Crippen LogP contribution in [0.15, 0.2) is 27.7 Å². The third kappa shape index (κ3) is 2.91. The van der Waals surface area contributed by atoms with Gasteiger partial charge < -0.3 is 10.6 Å². The molecular formula is C10H9BrF3N3. The van der Waals surface area contributed by atoms with E-state index < -0.39 is 11.7 Å². The molecule has 0 fully saturated rings. The molecule has 0 unspecified atom stereocenters. The lowest BCUT2D eigenvalue weighted by molar-refractivity contribution is -0.137. The average Bonchev–Trinajstić information content (AvgIpc) is 2.72. The third-order valence-corrected chi connectivity index (χ3v) is 2.91. The number of aliphatic imine (C=N–C) groups is 1. The first-order valence-corrected chi connectivity index (χ1v) is 5.68. The molecule has 7 heteroatoms. The Morgan fingerprint density at radius 2 is 2.12 bits per heavy atom. The lowest BCUT2D eigenvalue weighted by Crippen LogP contribution is -2.26. The lowest BCUT2D eigenvalue weighted by Gasteiger charge is -2.12. The maximum absolute atomic E-state index is 12.5. The molecule has 1 heterocycles. The molecule has 0 saturated heterocycles. The zero-order valence-corrected chi connectivity index (χ0v) is 10.2. The van der Waals surface area contributed by atoms with Gasteiger partial charge in [0.05, 0.1) is 17.8 Å². The Balaban J connectivity index is 2.26. The lowest BCUT2D eigenvalue weighted by atomic mass is 10.2. The summed E-state index contributed by atoms with van der Waals surface area (Å²) >= 11 is 3.19. The predicted octanol–water partition coefficient (Wildman–Crippen LogP) is 2.84. The number of halogens is 4. The highest BCUT2D eigenvalue weighted by Gasteiger charge is 2.31. The molecule has 0 spiro atoms. The van der Waals surface area contributed by atoms with Crippen LogP contribution in [0.25, 0.3) is 0 Å². The summed E-state index contributed by atoms with van der Waals surface area (Å²) < 4.78 is 38.1. The highest BCUT2D eigenvalue weighted by molar-refractivity contribution is 9.10. The molecule has 0 radical (unpaired) electrons. The largest absolute Gasteiger partial charge is 0.416 e. The van der Waals surface area contributed by atoms with Crippen molar-refractivity contribution in [3.05, 3.63) is 28.2 Å². The summed E-state index contributed by atoms with van der Waals surface area (Å²) in [5.41, 5.74) is -0.352. The highest BCUT2D eigenvalue weighted by Crippen LogP contribution is 2.33. The molecule has 0 saturated carbocycles. The molecule has 0 bridgehead atoms. The summed E-state index contributed by atoms with van der Waals surface area (Å²) in [6.45, 7) is 1.32. The fourth-order valence-corrected chi connectivity index (χ4v) is 1.75. The third-order valence-electron chi connectivity index (χ3n) is 2.22. The number of hydrogen-bond acceptors (Lipinski definition) is 3. The van der Waals surface area contributed by atoms with Crippen molar-refractivity contribution in [3.63, 3.8) is 0 Å². The van der Waals surface area contributed by atoms with Gasteiger partial charge in [-0.05, 0) is 34.1 Å². The van der Waals surface area contributed by atoms with Gasteiger partial charge in [0, 0.05) is 11.0 Å². The molecule has 1 aliphatic heterocycles. The molecule has 92 valence electrons. The van der Waals surface area contributed by atoms with Crippen LogP contribution in [0.5, 0.6) is 0 Å². The molecule has 0 atom stereocenters. The maximum Gasteiger partial charge on any atom is 0.416 e. The Hall–Kier alpha value is -1.24. The van der Waals surface area contributed by atoms with Crippen molar-refractivity contribution in [2.45, 2.75) is 6.18 Å². The number of alkyl halides is 3. The Kier molecular flexibility index (Phi) is 3.28. The van der Waals surface area contributed by atoms with Gasteiger partial charge in [-0.1, -0.05) is 0 Å². The molecule has 3 nitrogen and oxygen atoms in total. The fraction of sp³-hybridized carbons (Fsp3) is 0.300. The van der Waals surface area contributed by atoms with Crippen LogP contribution in [0.2, 0.25) is 0 Å². The molecule has 1 aromatic rings. The van der Waals surface area contributed by atoms with Crippen molar-refractivity contribution < 1.29 is 13.2 Å². The van der Waals surface area contributed by atoms with Gasteiger partial charge in [0.1, 0.15) is 0 Å². The Labute approximate surface area is 104 Å². The van der Waals surface area contributed by atoms with Crippen LogP contribution < -0.4 is 10.6 Å². The van der Waals surface area contributed by atoms with Gasteiger partial charge in [0.2, 0.25) is 0 Å². The Bertz CT molecular complexity index is 457. The Morgan fingerprint density at radius 3 is 2.71 bits per heavy atom. The van der Waals surface area contributed by atoms with Crippen LogP contribution in [0.4, 0.5) is 18.9 Å². The standard InChI is InChI=1S/C10H9BrF3N3/c11-7-2-1-6(10(12,13)14)5-8(7)17-9-15-3-4-16-9/h1-2,5H,3-4H2,(H2,15,16,17). The monoisotopic (exact) mass is 307 g/mol. The SMILES string of the molecule is FC(F)(F)c1ccc(Br)c(NC2=NCCN2)c1. The van der Waals surface area contributed by atoms with Gasteiger partial charge in [-0.2, -0.15) is 13.2 Å². The van der Waals surface area contributed by atoms with Crippen LogP contribution in [-0.2, 0) is 6.18 Å². The normalized spacial score (nSPS) is 15.4. The van der Waals surface area contributed by atoms with E-state index in [1.807, 2.05) is 0 Å². The van der Waals surface area contributed by atoms with Gasteiger partial charge in [-0.15, -0.1) is 0 Å². The fourth-order valence-electron chi connectivity index (χ4n) is 1.41. The first kappa shape index (κ1) is 12.2. The van der Waals surface area contributed by atoms with Gasteiger partial charge in [0.25, 0.3) is 0 Å². The first-order chi connectivity index (χ1) is 7.97. The molecule has 1 aromatic carbocycles. The van der Waals surface area contributed by atoms with E-state index in [1.165, 1.54) is 6.07 Å². The molecule has 0 aliphatic carbocycles. The van der Waals surface area contributed by atoms with E-state index in [4.69, 9.17) is 0 Å². The number of rotatable bonds is 1. The van der Waals surface area contributed by atoms with E-state index in [0.29, 0.717) is 29.2 Å². The van der Waals surface area contributed by atoms with E-state index >= 15 is 0 Å². The second-order valence-electron chi connectivity index (χ2n) is 3.47. The van der Waals surface area contributed by atoms with Crippen molar-refractivity contribution >= 4 is 27.6 Å². The molecule has 17 heavy (non-hydrogen) atoms. The predicted molar refractivity (Wildman–Crippen MR) is 63.1 cm³/mol. The zero-order valence-electron chi connectivity index (χ0n) is 8.61. The minimum atomic E-state index is -4.35. The molecule has 2 rings (SSSR count). The van der Waals surface area contributed by atoms with Gasteiger partial charge in [-0.3, -0.25) is 4.99 Å². The number of nitrogens with zero attached hydrogens (tertiary/aromatic N) is 1. The van der Waals surface area contributed by atoms with E-state index in [0.717, 1.165) is 12.1 Å². The van der Waals surface area contributed by atoms with Crippen molar-refractivity contribution in [1.29, 1.82) is 0 Å². The van der Waals surface area contributed by atoms with Crippen molar-refractivity contribution in [2.24, 2.45) is 4.99 Å². The van der Waals surface area contributed by atoms with Crippen molar-refractivity contribution in [3.8, 4) is 0 Å². The van der Waals surface area contributed by atoms with E-state index in [1.54, 1.807) is 0 Å². The first-order valence-electron chi connectivity index (χ1n) is 4.89. The number of guanidine groups is 1. The van der Waals surface area contributed by atoms with Crippen LogP contribution in [0.1, 0.15) is 5.56 Å². The van der Waals surface area contributed by atoms with E-state index in [9.17, 15) is 13.2 Å². The smallest absolute Gasteiger partial charge is 0.354 e. The van der Waals surface area contributed by atoms with Crippen LogP contribution in [-0.4, -0.2) is 19.0 Å². The van der Waals surface area contributed by atoms with Crippen molar-refractivity contribution in [2.75, 3.05) is 18.4 Å². The number of nitrogens with one attached hydrogen (secondary N) is 2. The summed E-state index contributed by atoms with van der Waals surface area (Å²) in [6, 6.07) is 3.44. The van der Waals surface area contributed by atoms with E-state index in [-0.39, 0.29) is 0 Å². The minimum absolute atomic E-state index is 0.341. The molecule has 2 N–H and O–H groups in total. The van der Waals surface area contributed by atoms with Gasteiger partial charge in [0.15, 0.2) is 5.96 Å². The minimum Gasteiger partial charge on any atom is -0.354 e. The summed E-state index contributed by atoms with van der Waals surface area (Å²) in [6.07, 6.45) is -4.35. The topological polar surface area (TPSA) is 36.4 Å². The summed E-state index contributed by atoms with van der Waals surface area (Å²) in [5, 5.41) is 5.74. The average molecular weight is 308 g/mol. The van der Waals surface area contributed by atoms with Crippen LogP contribution in [0, 0.1) is 0 Å². The second-order valence-corrected chi connectivity index (χ2v) is 4.33. The number of anilines is 1. The highest BCUT2D eigenvalue weighted by atomic mass is 79.9. The summed E-state index contributed by atoms with van der Waals surface area (Å²) in [4.78, 5) is 4.06. The second kappa shape index (κ2) is 4.56. The summed E-state index contributed by atoms with van der Waals surface area (Å²) in [7, 11) is 0. The van der Waals surface area contributed by atoms with Crippen LogP contribution in [0.3, 0.4) is 0 Å². The zero-order chi connectivity index (χ0) is 12.5. The van der Waals surface area contributed by atoms with Crippen LogP contribution >= 0.6 is 15.9 Å². The quantitative estimate of drug-likeness (QED) is 0.837. The molecule has 0 amide bonds. The number of hydrogen-bond donors (Lipinski definition) is 2. The van der Waals surface area contributed by atoms with Gasteiger partial charge in [-0.25, -0.2) is 0 Å². The van der Waals surface area contributed by atoms with E-state index in [2.05, 4.69) is 31.6 Å². The van der Waals surface area contributed by atoms with Crippen molar-refractivity contribution in [1.82, 2.24) is 5.32 Å². The summed E-state index contributed by atoms with van der Waals surface area (Å²) in [5.74, 6) is 0.491. The molecule has 0 aromatic heterocycles. The molecule has 1 aliphatic rings. The van der Waals surface area contributed by atoms with Gasteiger partial charge >= 0.3 is 6.18 Å². The Morgan fingerprint density at radius 1 is 1.35 bits per heavy atom. The number of benzene rings is 1. The molecular weight excluding hydrogens is 299 g/mol. The maximum atomic E-state index is 12.5.